The summed E-state index contributed by atoms with van der Waals surface area (Å²) in [6.45, 7) is -0.220. The second-order valence-corrected chi connectivity index (χ2v) is 9.19. The van der Waals surface area contributed by atoms with Crippen LogP contribution in [0, 0.1) is 11.8 Å². The van der Waals surface area contributed by atoms with Crippen LogP contribution in [0.4, 0.5) is 5.69 Å². The molecule has 0 aromatic heterocycles. The number of carbonyl (C=O) groups is 2. The lowest BCUT2D eigenvalue weighted by atomic mass is 9.47. The fourth-order valence-electron chi connectivity index (χ4n) is 6.04. The summed E-state index contributed by atoms with van der Waals surface area (Å²) in [7, 11) is 0. The van der Waals surface area contributed by atoms with Crippen LogP contribution in [0.3, 0.4) is 0 Å². The van der Waals surface area contributed by atoms with Crippen molar-refractivity contribution in [2.75, 3.05) is 11.5 Å². The quantitative estimate of drug-likeness (QED) is 0.589. The smallest absolute Gasteiger partial charge is 0.239 e. The van der Waals surface area contributed by atoms with E-state index in [1.807, 2.05) is 60.7 Å². The summed E-state index contributed by atoms with van der Waals surface area (Å²) < 4.78 is 0.884. The number of nitrogens with zero attached hydrogens (tertiary/aromatic N) is 1. The molecule has 2 bridgehead atoms. The van der Waals surface area contributed by atoms with Crippen molar-refractivity contribution < 1.29 is 14.7 Å². The van der Waals surface area contributed by atoms with Crippen molar-refractivity contribution in [2.24, 2.45) is 11.8 Å². The van der Waals surface area contributed by atoms with Crippen LogP contribution in [-0.4, -0.2) is 23.5 Å². The molecule has 0 radical (unpaired) electrons. The van der Waals surface area contributed by atoms with E-state index in [9.17, 15) is 14.7 Å². The minimum atomic E-state index is -0.913. The van der Waals surface area contributed by atoms with Crippen LogP contribution in [0.5, 0.6) is 0 Å². The maximum absolute atomic E-state index is 13.8. The monoisotopic (exact) mass is 459 g/mol. The van der Waals surface area contributed by atoms with Crippen LogP contribution in [0.25, 0.3) is 0 Å². The van der Waals surface area contributed by atoms with Gasteiger partial charge in [0.1, 0.15) is 0 Å². The molecule has 2 amide bonds. The third-order valence-electron chi connectivity index (χ3n) is 7.13. The molecule has 5 heteroatoms. The van der Waals surface area contributed by atoms with Crippen LogP contribution in [0.1, 0.15) is 28.2 Å². The average molecular weight is 460 g/mol. The van der Waals surface area contributed by atoms with E-state index < -0.39 is 17.3 Å². The molecule has 3 aromatic rings. The molecule has 30 heavy (non-hydrogen) atoms. The zero-order valence-corrected chi connectivity index (χ0v) is 17.5. The first-order valence-electron chi connectivity index (χ1n) is 10.0. The lowest BCUT2D eigenvalue weighted by Gasteiger charge is -2.53. The Balaban J connectivity index is 1.63. The number of carbonyl (C=O) groups excluding carboxylic acids is 2. The largest absolute Gasteiger partial charge is 0.395 e. The Kier molecular flexibility index (Phi) is 3.68. The minimum absolute atomic E-state index is 0.181. The summed E-state index contributed by atoms with van der Waals surface area (Å²) in [5.74, 6) is -1.73. The topological polar surface area (TPSA) is 57.6 Å². The Labute approximate surface area is 182 Å². The Morgan fingerprint density at radius 2 is 1.40 bits per heavy atom. The third-order valence-corrected chi connectivity index (χ3v) is 7.66. The Hall–Kier alpha value is -2.76. The van der Waals surface area contributed by atoms with Crippen LogP contribution in [0.2, 0.25) is 0 Å². The second-order valence-electron chi connectivity index (χ2n) is 8.27. The van der Waals surface area contributed by atoms with Gasteiger partial charge in [-0.1, -0.05) is 64.5 Å². The number of halogens is 1. The van der Waals surface area contributed by atoms with E-state index in [0.29, 0.717) is 5.69 Å². The van der Waals surface area contributed by atoms with Gasteiger partial charge in [0.25, 0.3) is 0 Å². The summed E-state index contributed by atoms with van der Waals surface area (Å²) in [6, 6.07) is 23.1. The fourth-order valence-corrected chi connectivity index (χ4v) is 6.31. The molecule has 2 atom stereocenters. The summed E-state index contributed by atoms with van der Waals surface area (Å²) >= 11 is 3.41. The summed E-state index contributed by atoms with van der Waals surface area (Å²) in [6.07, 6.45) is 0. The minimum Gasteiger partial charge on any atom is -0.395 e. The van der Waals surface area contributed by atoms with E-state index in [4.69, 9.17) is 0 Å². The molecular weight excluding hydrogens is 442 g/mol. The predicted molar refractivity (Wildman–Crippen MR) is 116 cm³/mol. The Morgan fingerprint density at radius 3 is 1.97 bits per heavy atom. The van der Waals surface area contributed by atoms with Gasteiger partial charge in [-0.05, 0) is 46.5 Å². The molecule has 4 aliphatic rings. The van der Waals surface area contributed by atoms with Crippen molar-refractivity contribution in [1.29, 1.82) is 0 Å². The number of aliphatic hydroxyl groups is 1. The molecule has 2 unspecified atom stereocenters. The van der Waals surface area contributed by atoms with Gasteiger partial charge < -0.3 is 5.11 Å². The van der Waals surface area contributed by atoms with E-state index in [1.54, 1.807) is 12.1 Å². The molecule has 3 aromatic carbocycles. The standard InChI is InChI=1S/C25H18BrNO3/c26-14-9-11-15(12-10-14)27-23(29)21-20-16-5-1-3-7-18(16)25(13-28,22(21)24(27)30)19-8-4-2-6-17(19)20/h1-12,20-22,28H,13H2. The summed E-state index contributed by atoms with van der Waals surface area (Å²) in [5.41, 5.74) is 3.69. The number of imide groups is 1. The van der Waals surface area contributed by atoms with Gasteiger partial charge in [0.05, 0.1) is 29.5 Å². The number of hydrogen-bond donors (Lipinski definition) is 1. The Bertz CT molecular complexity index is 1170. The number of hydrogen-bond acceptors (Lipinski definition) is 3. The van der Waals surface area contributed by atoms with Gasteiger partial charge in [-0.25, -0.2) is 4.90 Å². The first-order chi connectivity index (χ1) is 14.6. The highest BCUT2D eigenvalue weighted by atomic mass is 79.9. The number of anilines is 1. The molecule has 0 spiro atoms. The van der Waals surface area contributed by atoms with Crippen molar-refractivity contribution in [3.63, 3.8) is 0 Å². The zero-order valence-electron chi connectivity index (χ0n) is 16.0. The number of aliphatic hydroxyl groups excluding tert-OH is 1. The normalized spacial score (nSPS) is 28.3. The highest BCUT2D eigenvalue weighted by Gasteiger charge is 2.68. The highest BCUT2D eigenvalue weighted by molar-refractivity contribution is 9.10. The van der Waals surface area contributed by atoms with Crippen molar-refractivity contribution in [1.82, 2.24) is 0 Å². The number of amides is 2. The Morgan fingerprint density at radius 1 is 0.833 bits per heavy atom. The van der Waals surface area contributed by atoms with E-state index in [1.165, 1.54) is 4.90 Å². The number of benzene rings is 3. The molecule has 0 saturated carbocycles. The van der Waals surface area contributed by atoms with Gasteiger partial charge >= 0.3 is 0 Å². The van der Waals surface area contributed by atoms with Crippen LogP contribution < -0.4 is 4.90 Å². The van der Waals surface area contributed by atoms with Crippen LogP contribution >= 0.6 is 15.9 Å². The van der Waals surface area contributed by atoms with Gasteiger partial charge in [0.15, 0.2) is 0 Å². The van der Waals surface area contributed by atoms with E-state index in [0.717, 1.165) is 26.7 Å². The molecule has 7 rings (SSSR count). The van der Waals surface area contributed by atoms with Crippen molar-refractivity contribution in [3.05, 3.63) is 99.5 Å². The molecule has 1 saturated heterocycles. The lowest BCUT2D eigenvalue weighted by molar-refractivity contribution is -0.124. The first-order valence-corrected chi connectivity index (χ1v) is 10.8. The zero-order chi connectivity index (χ0) is 20.6. The summed E-state index contributed by atoms with van der Waals surface area (Å²) in [5, 5.41) is 10.8. The SMILES string of the molecule is O=C1C2C3c4ccccc4C(CO)(c4ccccc43)C2C(=O)N1c1ccc(Br)cc1. The van der Waals surface area contributed by atoms with Crippen LogP contribution in [0.15, 0.2) is 77.3 Å². The van der Waals surface area contributed by atoms with Gasteiger partial charge in [-0.2, -0.15) is 0 Å². The van der Waals surface area contributed by atoms with E-state index in [2.05, 4.69) is 15.9 Å². The second kappa shape index (κ2) is 6.13. The van der Waals surface area contributed by atoms with Crippen molar-refractivity contribution >= 4 is 33.4 Å². The molecule has 148 valence electrons. The molecular formula is C25H18BrNO3. The van der Waals surface area contributed by atoms with Gasteiger partial charge in [-0.15, -0.1) is 0 Å². The average Bonchev–Trinajstić information content (AvgIpc) is 3.05. The maximum atomic E-state index is 13.8. The highest BCUT2D eigenvalue weighted by Crippen LogP contribution is 2.64. The number of rotatable bonds is 2. The van der Waals surface area contributed by atoms with Gasteiger partial charge in [-0.3, -0.25) is 9.59 Å². The first kappa shape index (κ1) is 18.0. The lowest BCUT2D eigenvalue weighted by Crippen LogP contribution is -2.55. The molecule has 3 aliphatic carbocycles. The molecule has 1 aliphatic heterocycles. The molecule has 4 nitrogen and oxygen atoms in total. The van der Waals surface area contributed by atoms with Crippen molar-refractivity contribution in [3.8, 4) is 0 Å². The fraction of sp³-hybridized carbons (Fsp3) is 0.200. The molecule has 1 fully saturated rings. The van der Waals surface area contributed by atoms with E-state index >= 15 is 0 Å². The molecule has 1 heterocycles. The maximum Gasteiger partial charge on any atom is 0.239 e. The predicted octanol–water partition coefficient (Wildman–Crippen LogP) is 3.99. The van der Waals surface area contributed by atoms with Gasteiger partial charge in [0.2, 0.25) is 11.8 Å². The summed E-state index contributed by atoms with van der Waals surface area (Å²) in [4.78, 5) is 28.8. The van der Waals surface area contributed by atoms with Gasteiger partial charge in [0, 0.05) is 10.4 Å². The van der Waals surface area contributed by atoms with E-state index in [-0.39, 0.29) is 24.3 Å². The van der Waals surface area contributed by atoms with Crippen LogP contribution in [-0.2, 0) is 15.0 Å². The third kappa shape index (κ3) is 1.99. The van der Waals surface area contributed by atoms with Crippen molar-refractivity contribution in [2.45, 2.75) is 11.3 Å². The molecule has 1 N–H and O–H groups in total.